The van der Waals surface area contributed by atoms with Gasteiger partial charge in [-0.1, -0.05) is 30.3 Å². The Kier molecular flexibility index (Phi) is 5.54. The third kappa shape index (κ3) is 3.93. The molecule has 0 saturated carbocycles. The molecule has 7 nitrogen and oxygen atoms in total. The Hall–Kier alpha value is -3.48. The molecule has 1 aromatic heterocycles. The summed E-state index contributed by atoms with van der Waals surface area (Å²) >= 11 is 0. The van der Waals surface area contributed by atoms with E-state index in [-0.39, 0.29) is 24.4 Å². The normalized spacial score (nSPS) is 10.7. The number of ether oxygens (including phenoxy) is 1. The number of benzene rings is 2. The van der Waals surface area contributed by atoms with Crippen molar-refractivity contribution in [3.05, 3.63) is 69.6 Å². The lowest BCUT2D eigenvalue weighted by Gasteiger charge is -2.12. The van der Waals surface area contributed by atoms with Gasteiger partial charge in [-0.15, -0.1) is 0 Å². The summed E-state index contributed by atoms with van der Waals surface area (Å²) in [4.78, 5) is 37.0. The summed E-state index contributed by atoms with van der Waals surface area (Å²) in [5.41, 5.74) is 2.70. The molecule has 0 aliphatic heterocycles. The molecular weight excluding hydrogens is 358 g/mol. The van der Waals surface area contributed by atoms with Crippen LogP contribution in [0.2, 0.25) is 0 Å². The highest BCUT2D eigenvalue weighted by molar-refractivity contribution is 5.92. The van der Waals surface area contributed by atoms with Crippen molar-refractivity contribution in [2.24, 2.45) is 0 Å². The van der Waals surface area contributed by atoms with Crippen LogP contribution in [0.4, 0.5) is 5.69 Å². The van der Waals surface area contributed by atoms with Crippen molar-refractivity contribution in [1.82, 2.24) is 9.78 Å². The highest BCUT2D eigenvalue weighted by Crippen LogP contribution is 2.18. The molecule has 0 unspecified atom stereocenters. The van der Waals surface area contributed by atoms with Gasteiger partial charge in [-0.05, 0) is 37.1 Å². The van der Waals surface area contributed by atoms with Gasteiger partial charge in [0, 0.05) is 11.1 Å². The van der Waals surface area contributed by atoms with E-state index in [2.05, 4.69) is 10.4 Å². The number of rotatable bonds is 5. The van der Waals surface area contributed by atoms with E-state index in [1.165, 1.54) is 7.11 Å². The highest BCUT2D eigenvalue weighted by atomic mass is 16.5. The van der Waals surface area contributed by atoms with Gasteiger partial charge in [0.1, 0.15) is 6.54 Å². The van der Waals surface area contributed by atoms with Gasteiger partial charge >= 0.3 is 5.97 Å². The first-order valence-electron chi connectivity index (χ1n) is 8.82. The molecule has 144 valence electrons. The quantitative estimate of drug-likeness (QED) is 0.688. The predicted molar refractivity (Wildman–Crippen MR) is 106 cm³/mol. The van der Waals surface area contributed by atoms with E-state index in [1.54, 1.807) is 30.3 Å². The van der Waals surface area contributed by atoms with Crippen LogP contribution in [0.3, 0.4) is 0 Å². The van der Waals surface area contributed by atoms with E-state index in [1.807, 2.05) is 26.0 Å². The molecule has 28 heavy (non-hydrogen) atoms. The lowest BCUT2D eigenvalue weighted by Crippen LogP contribution is -2.31. The van der Waals surface area contributed by atoms with Crippen molar-refractivity contribution in [3.63, 3.8) is 0 Å². The van der Waals surface area contributed by atoms with Crippen molar-refractivity contribution in [2.45, 2.75) is 26.8 Å². The van der Waals surface area contributed by atoms with Crippen LogP contribution in [0.5, 0.6) is 0 Å². The molecular formula is C21H21N3O4. The van der Waals surface area contributed by atoms with Gasteiger partial charge in [0.2, 0.25) is 5.91 Å². The van der Waals surface area contributed by atoms with Crippen LogP contribution in [-0.2, 0) is 27.3 Å². The summed E-state index contributed by atoms with van der Waals surface area (Å²) in [6.45, 7) is 3.62. The summed E-state index contributed by atoms with van der Waals surface area (Å²) in [7, 11) is 1.29. The molecule has 0 saturated heterocycles. The molecule has 0 spiro atoms. The number of nitrogens with one attached hydrogen (secondary N) is 1. The van der Waals surface area contributed by atoms with Crippen LogP contribution in [0.25, 0.3) is 10.8 Å². The second kappa shape index (κ2) is 8.04. The van der Waals surface area contributed by atoms with Crippen molar-refractivity contribution >= 4 is 28.3 Å². The van der Waals surface area contributed by atoms with Crippen LogP contribution >= 0.6 is 0 Å². The molecule has 2 aromatic carbocycles. The largest absolute Gasteiger partial charge is 0.469 e. The summed E-state index contributed by atoms with van der Waals surface area (Å²) in [6, 6.07) is 12.5. The molecule has 1 N–H and O–H groups in total. The van der Waals surface area contributed by atoms with E-state index in [4.69, 9.17) is 4.74 Å². The fourth-order valence-corrected chi connectivity index (χ4v) is 2.96. The van der Waals surface area contributed by atoms with Gasteiger partial charge in [-0.2, -0.15) is 5.10 Å². The van der Waals surface area contributed by atoms with E-state index in [9.17, 15) is 14.4 Å². The molecule has 0 bridgehead atoms. The molecule has 0 fully saturated rings. The number of fused-ring (bicyclic) bond motifs is 1. The summed E-state index contributed by atoms with van der Waals surface area (Å²) in [5.74, 6) is -0.842. The third-order valence-corrected chi connectivity index (χ3v) is 4.66. The van der Waals surface area contributed by atoms with Crippen LogP contribution in [-0.4, -0.2) is 28.8 Å². The number of aryl methyl sites for hydroxylation is 1. The SMILES string of the molecule is COC(=O)Cc1nn(CC(=O)Nc2cccc(C)c2C)c(=O)c2ccccc12. The number of hydrogen-bond acceptors (Lipinski definition) is 5. The van der Waals surface area contributed by atoms with Gasteiger partial charge in [0.25, 0.3) is 5.56 Å². The predicted octanol–water partition coefficient (Wildman–Crippen LogP) is 2.37. The van der Waals surface area contributed by atoms with Crippen LogP contribution in [0.1, 0.15) is 16.8 Å². The lowest BCUT2D eigenvalue weighted by molar-refractivity contribution is -0.139. The summed E-state index contributed by atoms with van der Waals surface area (Å²) < 4.78 is 5.80. The molecule has 0 atom stereocenters. The van der Waals surface area contributed by atoms with Crippen LogP contribution in [0, 0.1) is 13.8 Å². The van der Waals surface area contributed by atoms with Gasteiger partial charge in [0.05, 0.1) is 24.6 Å². The van der Waals surface area contributed by atoms with Crippen molar-refractivity contribution in [1.29, 1.82) is 0 Å². The van der Waals surface area contributed by atoms with E-state index < -0.39 is 5.97 Å². The maximum Gasteiger partial charge on any atom is 0.311 e. The number of nitrogens with zero attached hydrogens (tertiary/aromatic N) is 2. The molecule has 3 aromatic rings. The summed E-state index contributed by atoms with van der Waals surface area (Å²) in [6.07, 6.45) is -0.0874. The number of methoxy groups -OCH3 is 1. The Morgan fingerprint density at radius 1 is 1.07 bits per heavy atom. The average Bonchev–Trinajstić information content (AvgIpc) is 2.69. The minimum Gasteiger partial charge on any atom is -0.469 e. The average molecular weight is 379 g/mol. The van der Waals surface area contributed by atoms with Crippen molar-refractivity contribution < 1.29 is 14.3 Å². The Morgan fingerprint density at radius 2 is 1.79 bits per heavy atom. The minimum absolute atomic E-state index is 0.0874. The third-order valence-electron chi connectivity index (χ3n) is 4.66. The van der Waals surface area contributed by atoms with E-state index in [0.717, 1.165) is 15.8 Å². The zero-order chi connectivity index (χ0) is 20.3. The molecule has 0 aliphatic rings. The van der Waals surface area contributed by atoms with Crippen molar-refractivity contribution in [2.75, 3.05) is 12.4 Å². The molecule has 0 radical (unpaired) electrons. The second-order valence-electron chi connectivity index (χ2n) is 6.50. The number of aromatic nitrogens is 2. The Morgan fingerprint density at radius 3 is 2.50 bits per heavy atom. The monoisotopic (exact) mass is 379 g/mol. The van der Waals surface area contributed by atoms with Crippen molar-refractivity contribution in [3.8, 4) is 0 Å². The number of amides is 1. The minimum atomic E-state index is -0.470. The summed E-state index contributed by atoms with van der Waals surface area (Å²) in [5, 5.41) is 8.04. The fraction of sp³-hybridized carbons (Fsp3) is 0.238. The Balaban J connectivity index is 1.95. The van der Waals surface area contributed by atoms with E-state index in [0.29, 0.717) is 22.2 Å². The zero-order valence-corrected chi connectivity index (χ0v) is 16.0. The van der Waals surface area contributed by atoms with Gasteiger partial charge < -0.3 is 10.1 Å². The second-order valence-corrected chi connectivity index (χ2v) is 6.50. The molecule has 1 amide bonds. The van der Waals surface area contributed by atoms with Crippen LogP contribution in [0.15, 0.2) is 47.3 Å². The lowest BCUT2D eigenvalue weighted by atomic mass is 10.1. The smallest absolute Gasteiger partial charge is 0.311 e. The number of anilines is 1. The number of carbonyl (C=O) groups is 2. The van der Waals surface area contributed by atoms with E-state index >= 15 is 0 Å². The standard InChI is InChI=1S/C21H21N3O4/c1-13-7-6-10-17(14(13)2)22-19(25)12-24-21(27)16-9-5-4-8-15(16)18(23-24)11-20(26)28-3/h4-10H,11-12H2,1-3H3,(H,22,25). The molecule has 0 aliphatic carbocycles. The first-order chi connectivity index (χ1) is 13.4. The van der Waals surface area contributed by atoms with Crippen LogP contribution < -0.4 is 10.9 Å². The fourth-order valence-electron chi connectivity index (χ4n) is 2.96. The number of carbonyl (C=O) groups excluding carboxylic acids is 2. The van der Waals surface area contributed by atoms with Gasteiger partial charge in [0.15, 0.2) is 0 Å². The highest BCUT2D eigenvalue weighted by Gasteiger charge is 2.16. The molecule has 3 rings (SSSR count). The maximum absolute atomic E-state index is 12.7. The molecule has 7 heteroatoms. The topological polar surface area (TPSA) is 90.3 Å². The van der Waals surface area contributed by atoms with Gasteiger partial charge in [-0.3, -0.25) is 14.4 Å². The number of esters is 1. The van der Waals surface area contributed by atoms with Gasteiger partial charge in [-0.25, -0.2) is 4.68 Å². The number of hydrogen-bond donors (Lipinski definition) is 1. The first-order valence-corrected chi connectivity index (χ1v) is 8.82. The Labute approximate surface area is 161 Å². The Bertz CT molecular complexity index is 1120. The zero-order valence-electron chi connectivity index (χ0n) is 16.0. The molecule has 1 heterocycles. The first kappa shape index (κ1) is 19.3. The maximum atomic E-state index is 12.7.